The molecule has 0 radical (unpaired) electrons. The third-order valence-electron chi connectivity index (χ3n) is 2.82. The van der Waals surface area contributed by atoms with E-state index in [2.05, 4.69) is 12.0 Å². The van der Waals surface area contributed by atoms with E-state index < -0.39 is 6.10 Å². The lowest BCUT2D eigenvalue weighted by Gasteiger charge is -2.26. The lowest BCUT2D eigenvalue weighted by Crippen LogP contribution is -2.26. The molecule has 0 aliphatic heterocycles. The Morgan fingerprint density at radius 1 is 1.59 bits per heavy atom. The Balaban J connectivity index is 2.87. The number of nitrogens with zero attached hydrogens (tertiary/aromatic N) is 2. The van der Waals surface area contributed by atoms with Gasteiger partial charge < -0.3 is 9.84 Å². The monoisotopic (exact) mass is 260 g/mol. The van der Waals surface area contributed by atoms with Crippen molar-refractivity contribution in [3.05, 3.63) is 16.9 Å². The van der Waals surface area contributed by atoms with Gasteiger partial charge in [0, 0.05) is 20.1 Å². The van der Waals surface area contributed by atoms with Gasteiger partial charge >= 0.3 is 0 Å². The second-order valence-corrected chi connectivity index (χ2v) is 5.19. The van der Waals surface area contributed by atoms with Gasteiger partial charge in [0.15, 0.2) is 0 Å². The average molecular weight is 261 g/mol. The highest BCUT2D eigenvalue weighted by Crippen LogP contribution is 2.30. The van der Waals surface area contributed by atoms with Crippen LogP contribution in [-0.2, 0) is 11.3 Å². The predicted octanol–water partition coefficient (Wildman–Crippen LogP) is 2.80. The summed E-state index contributed by atoms with van der Waals surface area (Å²) in [6, 6.07) is 0. The van der Waals surface area contributed by atoms with Crippen molar-refractivity contribution in [2.45, 2.75) is 51.9 Å². The molecule has 1 unspecified atom stereocenters. The van der Waals surface area contributed by atoms with E-state index in [1.165, 1.54) is 0 Å². The summed E-state index contributed by atoms with van der Waals surface area (Å²) in [6.07, 6.45) is 2.35. The maximum Gasteiger partial charge on any atom is 0.0999 e. The van der Waals surface area contributed by atoms with Crippen molar-refractivity contribution in [1.29, 1.82) is 0 Å². The van der Waals surface area contributed by atoms with Crippen molar-refractivity contribution in [2.24, 2.45) is 0 Å². The smallest absolute Gasteiger partial charge is 0.0999 e. The molecular formula is C12H21ClN2O2. The fourth-order valence-electron chi connectivity index (χ4n) is 1.74. The van der Waals surface area contributed by atoms with E-state index in [0.29, 0.717) is 17.1 Å². The van der Waals surface area contributed by atoms with Gasteiger partial charge in [-0.15, -0.1) is 0 Å². The Morgan fingerprint density at radius 2 is 2.24 bits per heavy atom. The molecule has 0 spiro atoms. The SMILES string of the molecule is CCCn1ncc(Cl)c1C(O)CC(C)(C)OC. The second kappa shape index (κ2) is 5.85. The molecule has 1 aromatic rings. The van der Waals surface area contributed by atoms with Gasteiger partial charge in [-0.2, -0.15) is 5.10 Å². The topological polar surface area (TPSA) is 47.3 Å². The normalized spacial score (nSPS) is 14.0. The van der Waals surface area contributed by atoms with Crippen molar-refractivity contribution >= 4 is 11.6 Å². The van der Waals surface area contributed by atoms with Crippen LogP contribution in [0.25, 0.3) is 0 Å². The van der Waals surface area contributed by atoms with Crippen LogP contribution in [0.1, 0.15) is 45.4 Å². The van der Waals surface area contributed by atoms with Crippen LogP contribution < -0.4 is 0 Å². The first-order chi connectivity index (χ1) is 7.91. The van der Waals surface area contributed by atoms with Crippen LogP contribution in [0.15, 0.2) is 6.20 Å². The molecule has 98 valence electrons. The van der Waals surface area contributed by atoms with E-state index in [1.807, 2.05) is 13.8 Å². The van der Waals surface area contributed by atoms with E-state index in [1.54, 1.807) is 18.0 Å². The Hall–Kier alpha value is -0.580. The van der Waals surface area contributed by atoms with Crippen LogP contribution in [0.3, 0.4) is 0 Å². The van der Waals surface area contributed by atoms with Gasteiger partial charge in [-0.25, -0.2) is 0 Å². The molecule has 0 amide bonds. The molecule has 1 N–H and O–H groups in total. The maximum absolute atomic E-state index is 10.2. The standard InChI is InChI=1S/C12H21ClN2O2/c1-5-6-15-11(9(13)8-14-15)10(16)7-12(2,3)17-4/h8,10,16H,5-7H2,1-4H3. The minimum absolute atomic E-state index is 0.385. The number of halogens is 1. The molecule has 0 saturated carbocycles. The van der Waals surface area contributed by atoms with Gasteiger partial charge in [0.1, 0.15) is 0 Å². The molecule has 1 rings (SSSR count). The fourth-order valence-corrected chi connectivity index (χ4v) is 2.01. The van der Waals surface area contributed by atoms with Gasteiger partial charge in [-0.05, 0) is 20.3 Å². The third kappa shape index (κ3) is 3.69. The zero-order chi connectivity index (χ0) is 13.1. The number of aliphatic hydroxyl groups is 1. The van der Waals surface area contributed by atoms with E-state index >= 15 is 0 Å². The van der Waals surface area contributed by atoms with Crippen LogP contribution in [-0.4, -0.2) is 27.6 Å². The van der Waals surface area contributed by atoms with E-state index in [9.17, 15) is 5.11 Å². The maximum atomic E-state index is 10.2. The average Bonchev–Trinajstić information content (AvgIpc) is 2.60. The zero-order valence-electron chi connectivity index (χ0n) is 10.9. The van der Waals surface area contributed by atoms with Gasteiger partial charge in [0.05, 0.1) is 28.6 Å². The summed E-state index contributed by atoms with van der Waals surface area (Å²) in [5.41, 5.74) is 0.294. The molecule has 1 atom stereocenters. The first-order valence-corrected chi connectivity index (χ1v) is 6.23. The predicted molar refractivity (Wildman–Crippen MR) is 68.2 cm³/mol. The number of methoxy groups -OCH3 is 1. The summed E-state index contributed by atoms with van der Waals surface area (Å²) in [6.45, 7) is 6.69. The number of ether oxygens (including phenoxy) is 1. The molecular weight excluding hydrogens is 240 g/mol. The number of aliphatic hydroxyl groups excluding tert-OH is 1. The molecule has 17 heavy (non-hydrogen) atoms. The molecule has 0 fully saturated rings. The summed E-state index contributed by atoms with van der Waals surface area (Å²) in [5, 5.41) is 14.9. The van der Waals surface area contributed by atoms with E-state index in [-0.39, 0.29) is 5.60 Å². The van der Waals surface area contributed by atoms with Crippen LogP contribution in [0.5, 0.6) is 0 Å². The highest BCUT2D eigenvalue weighted by atomic mass is 35.5. The molecule has 1 heterocycles. The van der Waals surface area contributed by atoms with E-state index in [4.69, 9.17) is 16.3 Å². The Labute approximate surface area is 108 Å². The fraction of sp³-hybridized carbons (Fsp3) is 0.750. The Morgan fingerprint density at radius 3 is 2.76 bits per heavy atom. The molecule has 4 nitrogen and oxygen atoms in total. The summed E-state index contributed by atoms with van der Waals surface area (Å²) in [7, 11) is 1.64. The molecule has 0 aliphatic rings. The molecule has 0 aromatic carbocycles. The lowest BCUT2D eigenvalue weighted by molar-refractivity contribution is -0.0219. The van der Waals surface area contributed by atoms with E-state index in [0.717, 1.165) is 13.0 Å². The van der Waals surface area contributed by atoms with Gasteiger partial charge in [-0.1, -0.05) is 18.5 Å². The number of aryl methyl sites for hydroxylation is 1. The van der Waals surface area contributed by atoms with Crippen molar-refractivity contribution in [3.8, 4) is 0 Å². The number of aromatic nitrogens is 2. The molecule has 0 aliphatic carbocycles. The first-order valence-electron chi connectivity index (χ1n) is 5.85. The second-order valence-electron chi connectivity index (χ2n) is 4.78. The summed E-state index contributed by atoms with van der Waals surface area (Å²) in [5.74, 6) is 0. The Kier molecular flexibility index (Phi) is 4.98. The van der Waals surface area contributed by atoms with Gasteiger partial charge in [-0.3, -0.25) is 4.68 Å². The van der Waals surface area contributed by atoms with Gasteiger partial charge in [0.25, 0.3) is 0 Å². The minimum Gasteiger partial charge on any atom is -0.387 e. The first kappa shape index (κ1) is 14.5. The molecule has 0 bridgehead atoms. The van der Waals surface area contributed by atoms with Crippen molar-refractivity contribution in [3.63, 3.8) is 0 Å². The summed E-state index contributed by atoms with van der Waals surface area (Å²) >= 11 is 6.06. The summed E-state index contributed by atoms with van der Waals surface area (Å²) < 4.78 is 7.08. The van der Waals surface area contributed by atoms with Crippen molar-refractivity contribution in [2.75, 3.05) is 7.11 Å². The zero-order valence-corrected chi connectivity index (χ0v) is 11.7. The van der Waals surface area contributed by atoms with Gasteiger partial charge in [0.2, 0.25) is 0 Å². The number of hydrogen-bond acceptors (Lipinski definition) is 3. The lowest BCUT2D eigenvalue weighted by atomic mass is 9.99. The molecule has 5 heteroatoms. The summed E-state index contributed by atoms with van der Waals surface area (Å²) in [4.78, 5) is 0. The van der Waals surface area contributed by atoms with Crippen LogP contribution in [0.4, 0.5) is 0 Å². The minimum atomic E-state index is -0.661. The molecule has 1 aromatic heterocycles. The van der Waals surface area contributed by atoms with Crippen LogP contribution >= 0.6 is 11.6 Å². The van der Waals surface area contributed by atoms with Crippen LogP contribution in [0, 0.1) is 0 Å². The van der Waals surface area contributed by atoms with Crippen molar-refractivity contribution in [1.82, 2.24) is 9.78 Å². The highest BCUT2D eigenvalue weighted by molar-refractivity contribution is 6.31. The third-order valence-corrected chi connectivity index (χ3v) is 3.11. The van der Waals surface area contributed by atoms with Crippen LogP contribution in [0.2, 0.25) is 5.02 Å². The number of rotatable bonds is 6. The van der Waals surface area contributed by atoms with Crippen molar-refractivity contribution < 1.29 is 9.84 Å². The molecule has 0 saturated heterocycles. The quantitative estimate of drug-likeness (QED) is 0.856. The number of hydrogen-bond donors (Lipinski definition) is 1. The highest BCUT2D eigenvalue weighted by Gasteiger charge is 2.26. The largest absolute Gasteiger partial charge is 0.387 e. The Bertz CT molecular complexity index is 363.